The molecule has 1 aromatic carbocycles. The van der Waals surface area contributed by atoms with E-state index in [9.17, 15) is 27.9 Å². The van der Waals surface area contributed by atoms with E-state index in [0.717, 1.165) is 37.5 Å². The van der Waals surface area contributed by atoms with Crippen LogP contribution in [0.25, 0.3) is 0 Å². The second-order valence-corrected chi connectivity index (χ2v) is 10.6. The molecule has 1 aliphatic carbocycles. The van der Waals surface area contributed by atoms with E-state index in [4.69, 9.17) is 4.74 Å². The number of aromatic nitrogens is 2. The third-order valence-corrected chi connectivity index (χ3v) is 7.29. The van der Waals surface area contributed by atoms with Gasteiger partial charge in [0.15, 0.2) is 11.6 Å². The Balaban J connectivity index is 1.71. The maximum Gasteiger partial charge on any atom is 0.421 e. The van der Waals surface area contributed by atoms with Gasteiger partial charge in [0.2, 0.25) is 11.8 Å². The molecule has 0 bridgehead atoms. The fourth-order valence-electron chi connectivity index (χ4n) is 4.68. The number of amides is 1. The Morgan fingerprint density at radius 1 is 1.15 bits per heavy atom. The van der Waals surface area contributed by atoms with Crippen LogP contribution in [0.2, 0.25) is 0 Å². The highest BCUT2D eigenvalue weighted by Gasteiger charge is 2.37. The number of alkyl halides is 3. The Labute approximate surface area is 226 Å². The molecule has 0 unspecified atom stereocenters. The number of carboxylic acid groups (broad SMARTS) is 1. The van der Waals surface area contributed by atoms with Crippen molar-refractivity contribution in [2.24, 2.45) is 5.92 Å². The summed E-state index contributed by atoms with van der Waals surface area (Å²) < 4.78 is 62.2. The average Bonchev–Trinajstić information content (AvgIpc) is 3.39. The summed E-state index contributed by atoms with van der Waals surface area (Å²) in [4.78, 5) is 34.6. The summed E-state index contributed by atoms with van der Waals surface area (Å²) in [5.74, 6) is -4.91. The third-order valence-electron chi connectivity index (χ3n) is 6.51. The summed E-state index contributed by atoms with van der Waals surface area (Å²) in [7, 11) is 0. The van der Waals surface area contributed by atoms with Gasteiger partial charge in [-0.05, 0) is 38.3 Å². The summed E-state index contributed by atoms with van der Waals surface area (Å²) in [5.41, 5.74) is -1.67. The van der Waals surface area contributed by atoms with Gasteiger partial charge < -0.3 is 14.7 Å². The Morgan fingerprint density at radius 3 is 2.46 bits per heavy atom. The van der Waals surface area contributed by atoms with E-state index in [-0.39, 0.29) is 29.5 Å². The van der Waals surface area contributed by atoms with Gasteiger partial charge in [-0.25, -0.2) is 19.2 Å². The molecule has 2 heterocycles. The van der Waals surface area contributed by atoms with E-state index in [1.54, 1.807) is 19.2 Å². The number of nitrogens with zero attached hydrogens (tertiary/aromatic N) is 3. The van der Waals surface area contributed by atoms with Crippen molar-refractivity contribution >= 4 is 28.9 Å². The molecule has 1 aliphatic rings. The number of halogens is 4. The van der Waals surface area contributed by atoms with E-state index < -0.39 is 46.8 Å². The van der Waals surface area contributed by atoms with Crippen molar-refractivity contribution in [1.82, 2.24) is 9.97 Å². The molecule has 1 fully saturated rings. The minimum atomic E-state index is -4.88. The summed E-state index contributed by atoms with van der Waals surface area (Å²) in [6.07, 6.45) is 1.97. The molecule has 208 valence electrons. The lowest BCUT2D eigenvalue weighted by molar-refractivity contribution is -0.139. The van der Waals surface area contributed by atoms with Crippen molar-refractivity contribution in [3.63, 3.8) is 0 Å². The SMILES string of the molecule is CC(C)N(C(=O)C1CCCCC1)c1cc(F)c(Oc2ncc(Cc3nccs3)cc2C(F)(F)F)cc1C(=O)O. The molecule has 3 aromatic rings. The predicted molar refractivity (Wildman–Crippen MR) is 137 cm³/mol. The molecule has 39 heavy (non-hydrogen) atoms. The summed E-state index contributed by atoms with van der Waals surface area (Å²) in [5, 5.41) is 12.2. The molecule has 0 spiro atoms. The van der Waals surface area contributed by atoms with Crippen LogP contribution in [0.4, 0.5) is 23.2 Å². The van der Waals surface area contributed by atoms with E-state index in [2.05, 4.69) is 9.97 Å². The van der Waals surface area contributed by atoms with Crippen LogP contribution in [0.3, 0.4) is 0 Å². The van der Waals surface area contributed by atoms with E-state index in [0.29, 0.717) is 17.8 Å². The lowest BCUT2D eigenvalue weighted by Gasteiger charge is -2.33. The number of benzene rings is 1. The van der Waals surface area contributed by atoms with Crippen LogP contribution in [-0.2, 0) is 17.4 Å². The van der Waals surface area contributed by atoms with Crippen LogP contribution in [0.15, 0.2) is 36.0 Å². The first-order chi connectivity index (χ1) is 18.5. The molecular weight excluding hydrogens is 538 g/mol. The van der Waals surface area contributed by atoms with Gasteiger partial charge in [0, 0.05) is 48.3 Å². The van der Waals surface area contributed by atoms with Crippen LogP contribution in [0.5, 0.6) is 11.6 Å². The Kier molecular flexibility index (Phi) is 8.53. The van der Waals surface area contributed by atoms with Crippen molar-refractivity contribution in [3.05, 3.63) is 63.5 Å². The Bertz CT molecular complexity index is 1340. The Hall–Kier alpha value is -3.54. The summed E-state index contributed by atoms with van der Waals surface area (Å²) >= 11 is 1.28. The van der Waals surface area contributed by atoms with E-state index >= 15 is 4.39 Å². The molecule has 0 aliphatic heterocycles. The second-order valence-electron chi connectivity index (χ2n) is 9.64. The molecule has 0 saturated heterocycles. The topological polar surface area (TPSA) is 92.6 Å². The number of pyridine rings is 1. The zero-order valence-electron chi connectivity index (χ0n) is 21.3. The van der Waals surface area contributed by atoms with E-state index in [1.165, 1.54) is 28.6 Å². The number of thiazole rings is 1. The number of aromatic carboxylic acids is 1. The fraction of sp³-hybridized carbons (Fsp3) is 0.407. The maximum absolute atomic E-state index is 15.3. The number of hydrogen-bond donors (Lipinski definition) is 1. The first-order valence-corrected chi connectivity index (χ1v) is 13.4. The number of carboxylic acids is 1. The molecule has 7 nitrogen and oxygen atoms in total. The van der Waals surface area contributed by atoms with Crippen molar-refractivity contribution in [2.45, 2.75) is 64.6 Å². The predicted octanol–water partition coefficient (Wildman–Crippen LogP) is 7.10. The van der Waals surface area contributed by atoms with E-state index in [1.807, 2.05) is 0 Å². The molecule has 0 radical (unpaired) electrons. The average molecular weight is 566 g/mol. The van der Waals surface area contributed by atoms with Gasteiger partial charge in [-0.1, -0.05) is 19.3 Å². The molecule has 1 amide bonds. The monoisotopic (exact) mass is 565 g/mol. The summed E-state index contributed by atoms with van der Waals surface area (Å²) in [6.45, 7) is 3.36. The quantitative estimate of drug-likeness (QED) is 0.293. The van der Waals surface area contributed by atoms with Gasteiger partial charge >= 0.3 is 12.1 Å². The molecule has 0 atom stereocenters. The van der Waals surface area contributed by atoms with Gasteiger partial charge in [-0.15, -0.1) is 11.3 Å². The first kappa shape index (κ1) is 28.5. The molecule has 1 saturated carbocycles. The Morgan fingerprint density at radius 2 is 1.87 bits per heavy atom. The van der Waals surface area contributed by atoms with Gasteiger partial charge in [0.05, 0.1) is 16.3 Å². The van der Waals surface area contributed by atoms with Crippen molar-refractivity contribution in [3.8, 4) is 11.6 Å². The number of ether oxygens (including phenoxy) is 1. The van der Waals surface area contributed by atoms with Gasteiger partial charge in [0.25, 0.3) is 0 Å². The summed E-state index contributed by atoms with van der Waals surface area (Å²) in [6, 6.07) is 1.97. The number of hydrogen-bond acceptors (Lipinski definition) is 6. The molecule has 2 aromatic heterocycles. The highest BCUT2D eigenvalue weighted by molar-refractivity contribution is 7.09. The number of carbonyl (C=O) groups excluding carboxylic acids is 1. The number of carbonyl (C=O) groups is 2. The van der Waals surface area contributed by atoms with Gasteiger partial charge in [-0.3, -0.25) is 4.79 Å². The largest absolute Gasteiger partial charge is 0.478 e. The minimum absolute atomic E-state index is 0.111. The highest BCUT2D eigenvalue weighted by Crippen LogP contribution is 2.40. The van der Waals surface area contributed by atoms with Crippen LogP contribution in [0.1, 0.15) is 72.4 Å². The first-order valence-electron chi connectivity index (χ1n) is 12.5. The van der Waals surface area contributed by atoms with Crippen molar-refractivity contribution < 1.29 is 37.0 Å². The van der Waals surface area contributed by atoms with Crippen molar-refractivity contribution in [2.75, 3.05) is 4.90 Å². The zero-order chi connectivity index (χ0) is 28.3. The smallest absolute Gasteiger partial charge is 0.421 e. The standard InChI is InChI=1S/C27H27F4N3O4S/c1-15(2)34(25(35)17-6-4-3-5-7-17)21-13-20(28)22(12-18(21)26(36)37)38-24-19(27(29,30)31)10-16(14-33-24)11-23-32-8-9-39-23/h8-10,12-15,17H,3-7,11H2,1-2H3,(H,36,37). The number of anilines is 1. The van der Waals surface area contributed by atoms with Gasteiger partial charge in [-0.2, -0.15) is 13.2 Å². The lowest BCUT2D eigenvalue weighted by Crippen LogP contribution is -2.42. The molecule has 4 rings (SSSR count). The van der Waals surface area contributed by atoms with Crippen molar-refractivity contribution in [1.29, 1.82) is 0 Å². The maximum atomic E-state index is 15.3. The highest BCUT2D eigenvalue weighted by atomic mass is 32.1. The third kappa shape index (κ3) is 6.55. The zero-order valence-corrected chi connectivity index (χ0v) is 22.1. The van der Waals surface area contributed by atoms with Crippen LogP contribution < -0.4 is 9.64 Å². The minimum Gasteiger partial charge on any atom is -0.478 e. The molecule has 1 N–H and O–H groups in total. The van der Waals surface area contributed by atoms with Crippen LogP contribution >= 0.6 is 11.3 Å². The normalized spacial score (nSPS) is 14.4. The van der Waals surface area contributed by atoms with Crippen LogP contribution in [-0.4, -0.2) is 33.0 Å². The second kappa shape index (κ2) is 11.7. The van der Waals surface area contributed by atoms with Gasteiger partial charge in [0.1, 0.15) is 5.56 Å². The van der Waals surface area contributed by atoms with Crippen LogP contribution in [0, 0.1) is 11.7 Å². The molecular formula is C27H27F4N3O4S. The number of rotatable bonds is 8. The molecule has 12 heteroatoms. The fourth-order valence-corrected chi connectivity index (χ4v) is 5.34. The lowest BCUT2D eigenvalue weighted by atomic mass is 9.87.